The standard InChI is InChI=1S/C26H33N3O6S2/c1-20-4-8-22(9-5-20)36(30,31)19-12-24-28-26(37(32,33)23-10-6-21(2)7-11-23)25(35-24)27-13-3-14-29-15-17-34-18-16-29/h4-11,27H,3,12-19H2,1-2H3. The summed E-state index contributed by atoms with van der Waals surface area (Å²) < 4.78 is 63.6. The highest BCUT2D eigenvalue weighted by molar-refractivity contribution is 7.91. The fourth-order valence-corrected chi connectivity index (χ4v) is 6.52. The number of aromatic nitrogens is 1. The van der Waals surface area contributed by atoms with Crippen LogP contribution >= 0.6 is 0 Å². The number of ether oxygens (including phenoxy) is 1. The van der Waals surface area contributed by atoms with Crippen molar-refractivity contribution in [1.82, 2.24) is 9.88 Å². The lowest BCUT2D eigenvalue weighted by Gasteiger charge is -2.26. The number of anilines is 1. The van der Waals surface area contributed by atoms with Gasteiger partial charge < -0.3 is 14.5 Å². The number of sulfone groups is 2. The Bertz CT molecular complexity index is 1390. The third-order valence-electron chi connectivity index (χ3n) is 6.23. The van der Waals surface area contributed by atoms with E-state index in [0.717, 1.165) is 37.2 Å². The van der Waals surface area contributed by atoms with Crippen molar-refractivity contribution in [2.24, 2.45) is 0 Å². The topological polar surface area (TPSA) is 119 Å². The molecular formula is C26H33N3O6S2. The summed E-state index contributed by atoms with van der Waals surface area (Å²) in [5.74, 6) is -0.167. The van der Waals surface area contributed by atoms with Crippen molar-refractivity contribution in [3.05, 3.63) is 65.5 Å². The van der Waals surface area contributed by atoms with Gasteiger partial charge in [-0.15, -0.1) is 0 Å². The number of morpholine rings is 1. The molecule has 37 heavy (non-hydrogen) atoms. The Hall–Kier alpha value is -2.73. The molecule has 1 aliphatic heterocycles. The maximum atomic E-state index is 13.4. The lowest BCUT2D eigenvalue weighted by atomic mass is 10.2. The van der Waals surface area contributed by atoms with E-state index in [9.17, 15) is 16.8 Å². The van der Waals surface area contributed by atoms with Crippen LogP contribution in [-0.4, -0.2) is 71.9 Å². The number of benzene rings is 2. The van der Waals surface area contributed by atoms with E-state index in [0.29, 0.717) is 19.8 Å². The molecule has 9 nitrogen and oxygen atoms in total. The first kappa shape index (κ1) is 27.3. The zero-order chi connectivity index (χ0) is 26.5. The summed E-state index contributed by atoms with van der Waals surface area (Å²) in [6.45, 7) is 8.24. The number of hydrogen-bond acceptors (Lipinski definition) is 9. The summed E-state index contributed by atoms with van der Waals surface area (Å²) in [6, 6.07) is 13.1. The molecule has 2 heterocycles. The molecular weight excluding hydrogens is 514 g/mol. The molecule has 0 aliphatic carbocycles. The predicted molar refractivity (Wildman–Crippen MR) is 140 cm³/mol. The van der Waals surface area contributed by atoms with Crippen molar-refractivity contribution >= 4 is 25.6 Å². The lowest BCUT2D eigenvalue weighted by molar-refractivity contribution is 0.0378. The highest BCUT2D eigenvalue weighted by Gasteiger charge is 2.28. The van der Waals surface area contributed by atoms with E-state index in [1.54, 1.807) is 36.4 Å². The number of hydrogen-bond donors (Lipinski definition) is 1. The molecule has 2 aromatic carbocycles. The Kier molecular flexibility index (Phi) is 8.68. The Morgan fingerprint density at radius 2 is 1.49 bits per heavy atom. The Balaban J connectivity index is 1.52. The lowest BCUT2D eigenvalue weighted by Crippen LogP contribution is -2.37. The first-order valence-electron chi connectivity index (χ1n) is 12.3. The van der Waals surface area contributed by atoms with Crippen LogP contribution in [-0.2, 0) is 30.8 Å². The SMILES string of the molecule is Cc1ccc(S(=O)(=O)CCc2nc(S(=O)(=O)c3ccc(C)cc3)c(NCCCN3CCOCC3)o2)cc1. The van der Waals surface area contributed by atoms with Crippen molar-refractivity contribution in [3.8, 4) is 0 Å². The molecule has 0 saturated carbocycles. The average Bonchev–Trinajstić information content (AvgIpc) is 3.31. The summed E-state index contributed by atoms with van der Waals surface area (Å²) in [5, 5.41) is 2.85. The molecule has 4 rings (SSSR count). The van der Waals surface area contributed by atoms with Gasteiger partial charge in [-0.3, -0.25) is 4.90 Å². The third kappa shape index (κ3) is 6.98. The molecule has 1 N–H and O–H groups in total. The van der Waals surface area contributed by atoms with E-state index in [1.165, 1.54) is 12.1 Å². The minimum absolute atomic E-state index is 0.0327. The monoisotopic (exact) mass is 547 g/mol. The van der Waals surface area contributed by atoms with Gasteiger partial charge in [-0.25, -0.2) is 16.8 Å². The molecule has 0 unspecified atom stereocenters. The molecule has 0 atom stereocenters. The largest absolute Gasteiger partial charge is 0.424 e. The van der Waals surface area contributed by atoms with Gasteiger partial charge in [0, 0.05) is 26.1 Å². The summed E-state index contributed by atoms with van der Waals surface area (Å²) in [5.41, 5.74) is 1.89. The van der Waals surface area contributed by atoms with Gasteiger partial charge in [0.05, 0.1) is 28.8 Å². The van der Waals surface area contributed by atoms with E-state index < -0.39 is 19.7 Å². The van der Waals surface area contributed by atoms with Gasteiger partial charge >= 0.3 is 0 Å². The minimum Gasteiger partial charge on any atom is -0.424 e. The van der Waals surface area contributed by atoms with Crippen molar-refractivity contribution < 1.29 is 26.0 Å². The van der Waals surface area contributed by atoms with Crippen molar-refractivity contribution in [3.63, 3.8) is 0 Å². The van der Waals surface area contributed by atoms with Crippen molar-refractivity contribution in [1.29, 1.82) is 0 Å². The van der Waals surface area contributed by atoms with Crippen molar-refractivity contribution in [2.75, 3.05) is 50.5 Å². The highest BCUT2D eigenvalue weighted by atomic mass is 32.2. The molecule has 1 saturated heterocycles. The van der Waals surface area contributed by atoms with Gasteiger partial charge in [-0.2, -0.15) is 4.98 Å². The van der Waals surface area contributed by atoms with Crippen LogP contribution in [0.15, 0.2) is 67.8 Å². The second kappa shape index (κ2) is 11.8. The van der Waals surface area contributed by atoms with Crippen molar-refractivity contribution in [2.45, 2.75) is 41.5 Å². The van der Waals surface area contributed by atoms with Gasteiger partial charge in [-0.1, -0.05) is 35.4 Å². The first-order valence-corrected chi connectivity index (χ1v) is 15.4. The normalized spacial score (nSPS) is 15.1. The van der Waals surface area contributed by atoms with Crippen LogP contribution in [0.5, 0.6) is 0 Å². The second-order valence-electron chi connectivity index (χ2n) is 9.17. The summed E-state index contributed by atoms with van der Waals surface area (Å²) in [6.07, 6.45) is 0.712. The zero-order valence-electron chi connectivity index (χ0n) is 21.1. The van der Waals surface area contributed by atoms with Crippen LogP contribution in [0.1, 0.15) is 23.4 Å². The number of rotatable bonds is 11. The third-order valence-corrected chi connectivity index (χ3v) is 9.64. The molecule has 0 radical (unpaired) electrons. The van der Waals surface area contributed by atoms with Crippen LogP contribution in [0, 0.1) is 13.8 Å². The number of nitrogens with one attached hydrogen (secondary N) is 1. The predicted octanol–water partition coefficient (Wildman–Crippen LogP) is 3.27. The van der Waals surface area contributed by atoms with E-state index in [1.807, 2.05) is 13.8 Å². The van der Waals surface area contributed by atoms with Crippen LogP contribution in [0.4, 0.5) is 5.88 Å². The summed E-state index contributed by atoms with van der Waals surface area (Å²) >= 11 is 0. The fourth-order valence-electron chi connectivity index (χ4n) is 3.99. The maximum absolute atomic E-state index is 13.4. The van der Waals surface area contributed by atoms with Crippen LogP contribution in [0.3, 0.4) is 0 Å². The number of aryl methyl sites for hydroxylation is 3. The molecule has 0 amide bonds. The average molecular weight is 548 g/mol. The Morgan fingerprint density at radius 3 is 2.11 bits per heavy atom. The highest BCUT2D eigenvalue weighted by Crippen LogP contribution is 2.29. The number of oxazole rings is 1. The molecule has 1 aliphatic rings. The molecule has 0 spiro atoms. The van der Waals surface area contributed by atoms with E-state index in [2.05, 4.69) is 15.2 Å². The molecule has 11 heteroatoms. The summed E-state index contributed by atoms with van der Waals surface area (Å²) in [4.78, 5) is 6.85. The number of nitrogens with zero attached hydrogens (tertiary/aromatic N) is 2. The molecule has 0 bridgehead atoms. The van der Waals surface area contributed by atoms with Gasteiger partial charge in [-0.05, 0) is 51.1 Å². The van der Waals surface area contributed by atoms with Crippen LogP contribution in [0.25, 0.3) is 0 Å². The van der Waals surface area contributed by atoms with Gasteiger partial charge in [0.25, 0.3) is 0 Å². The summed E-state index contributed by atoms with van der Waals surface area (Å²) in [7, 11) is -7.57. The Labute approximate surface area is 218 Å². The van der Waals surface area contributed by atoms with Gasteiger partial charge in [0.15, 0.2) is 15.7 Å². The molecule has 1 fully saturated rings. The molecule has 3 aromatic rings. The molecule has 200 valence electrons. The van der Waals surface area contributed by atoms with Gasteiger partial charge in [0.1, 0.15) is 0 Å². The quantitative estimate of drug-likeness (QED) is 0.361. The van der Waals surface area contributed by atoms with Crippen LogP contribution in [0.2, 0.25) is 0 Å². The van der Waals surface area contributed by atoms with E-state index >= 15 is 0 Å². The molecule has 1 aromatic heterocycles. The fraction of sp³-hybridized carbons (Fsp3) is 0.423. The first-order chi connectivity index (χ1) is 17.6. The zero-order valence-corrected chi connectivity index (χ0v) is 22.8. The van der Waals surface area contributed by atoms with Crippen LogP contribution < -0.4 is 5.32 Å². The second-order valence-corrected chi connectivity index (χ2v) is 13.1. The smallest absolute Gasteiger partial charge is 0.233 e. The van der Waals surface area contributed by atoms with Gasteiger partial charge in [0.2, 0.25) is 20.7 Å². The minimum atomic E-state index is -3.98. The Morgan fingerprint density at radius 1 is 0.892 bits per heavy atom. The van der Waals surface area contributed by atoms with E-state index in [-0.39, 0.29) is 38.8 Å². The maximum Gasteiger partial charge on any atom is 0.233 e. The van der Waals surface area contributed by atoms with E-state index in [4.69, 9.17) is 9.15 Å².